The molecule has 1 aromatic heterocycles. The number of hydrogen-bond acceptors (Lipinski definition) is 5. The van der Waals surface area contributed by atoms with Crippen molar-refractivity contribution in [1.29, 1.82) is 0 Å². The highest BCUT2D eigenvalue weighted by Gasteiger charge is 2.51. The first-order valence-electron chi connectivity index (χ1n) is 12.9. The van der Waals surface area contributed by atoms with Crippen LogP contribution in [0.4, 0.5) is 10.5 Å². The Labute approximate surface area is 220 Å². The Morgan fingerprint density at radius 3 is 2.32 bits per heavy atom. The van der Waals surface area contributed by atoms with Crippen LogP contribution in [-0.2, 0) is 21.4 Å². The minimum Gasteiger partial charge on any atom is -0.481 e. The topological polar surface area (TPSA) is 102 Å². The van der Waals surface area contributed by atoms with Crippen molar-refractivity contribution in [3.63, 3.8) is 0 Å². The molecular formula is C31H28N2O5. The Bertz CT molecular complexity index is 1500. The SMILES string of the molecule is Cc1noc(-c2ccc(-c3ccc(C4(C(=O)O)CC4)cc3)cc2)c1NC(=O)O[C@H]1CCCc2ccccc21. The standard InChI is InChI=1S/C31H28N2O5/c1-19-27(32-30(36)37-26-8-4-6-22-5-2-3-7-25(22)26)28(38-33-19)23-11-9-20(10-12-23)21-13-15-24(16-14-21)31(17-18-31)29(34)35/h2-3,5,7,9-16,26H,4,6,8,17-18H2,1H3,(H,32,36)(H,34,35)/t26-/m0/s1. The number of carbonyl (C=O) groups is 2. The van der Waals surface area contributed by atoms with E-state index >= 15 is 0 Å². The number of ether oxygens (including phenoxy) is 1. The van der Waals surface area contributed by atoms with Crippen molar-refractivity contribution in [2.75, 3.05) is 5.32 Å². The van der Waals surface area contributed by atoms with Gasteiger partial charge in [0.2, 0.25) is 0 Å². The van der Waals surface area contributed by atoms with Crippen LogP contribution in [0.2, 0.25) is 0 Å². The van der Waals surface area contributed by atoms with Gasteiger partial charge in [0.15, 0.2) is 5.76 Å². The maximum Gasteiger partial charge on any atom is 0.412 e. The zero-order valence-corrected chi connectivity index (χ0v) is 21.1. The highest BCUT2D eigenvalue weighted by molar-refractivity contribution is 5.91. The second-order valence-electron chi connectivity index (χ2n) is 10.1. The number of fused-ring (bicyclic) bond motifs is 1. The largest absolute Gasteiger partial charge is 0.481 e. The summed E-state index contributed by atoms with van der Waals surface area (Å²) in [7, 11) is 0. The first kappa shape index (κ1) is 24.0. The van der Waals surface area contributed by atoms with Gasteiger partial charge in [-0.3, -0.25) is 10.1 Å². The van der Waals surface area contributed by atoms with Crippen molar-refractivity contribution < 1.29 is 24.0 Å². The summed E-state index contributed by atoms with van der Waals surface area (Å²) in [4.78, 5) is 24.5. The van der Waals surface area contributed by atoms with E-state index in [4.69, 9.17) is 9.26 Å². The van der Waals surface area contributed by atoms with Crippen LogP contribution in [0.5, 0.6) is 0 Å². The van der Waals surface area contributed by atoms with Crippen LogP contribution >= 0.6 is 0 Å². The summed E-state index contributed by atoms with van der Waals surface area (Å²) in [6.45, 7) is 1.78. The Morgan fingerprint density at radius 2 is 1.63 bits per heavy atom. The van der Waals surface area contributed by atoms with Gasteiger partial charge in [-0.25, -0.2) is 4.79 Å². The van der Waals surface area contributed by atoms with Crippen molar-refractivity contribution in [1.82, 2.24) is 5.16 Å². The van der Waals surface area contributed by atoms with Gasteiger partial charge in [0, 0.05) is 5.56 Å². The molecule has 192 valence electrons. The van der Waals surface area contributed by atoms with Gasteiger partial charge in [-0.1, -0.05) is 78.0 Å². The molecule has 1 fully saturated rings. The zero-order chi connectivity index (χ0) is 26.3. The lowest BCUT2D eigenvalue weighted by atomic mass is 9.89. The van der Waals surface area contributed by atoms with Gasteiger partial charge in [0.25, 0.3) is 0 Å². The fourth-order valence-electron chi connectivity index (χ4n) is 5.35. The molecule has 1 saturated carbocycles. The summed E-state index contributed by atoms with van der Waals surface area (Å²) in [6, 6.07) is 23.6. The van der Waals surface area contributed by atoms with Crippen LogP contribution in [0.25, 0.3) is 22.5 Å². The fraction of sp³-hybridized carbons (Fsp3) is 0.258. The Hall–Kier alpha value is -4.39. The van der Waals surface area contributed by atoms with Crippen molar-refractivity contribution in [2.24, 2.45) is 0 Å². The number of aryl methyl sites for hydroxylation is 2. The second kappa shape index (κ2) is 9.49. The molecule has 2 N–H and O–H groups in total. The molecule has 38 heavy (non-hydrogen) atoms. The Balaban J connectivity index is 1.17. The average Bonchev–Trinajstić information content (AvgIpc) is 3.68. The number of carbonyl (C=O) groups excluding carboxylic acids is 1. The van der Waals surface area contributed by atoms with Crippen LogP contribution < -0.4 is 5.32 Å². The van der Waals surface area contributed by atoms with Gasteiger partial charge in [-0.2, -0.15) is 0 Å². The summed E-state index contributed by atoms with van der Waals surface area (Å²) < 4.78 is 11.4. The lowest BCUT2D eigenvalue weighted by Crippen LogP contribution is -2.21. The lowest BCUT2D eigenvalue weighted by Gasteiger charge is -2.25. The number of carboxylic acids is 1. The number of nitrogens with zero attached hydrogens (tertiary/aromatic N) is 1. The number of carboxylic acid groups (broad SMARTS) is 1. The molecule has 7 heteroatoms. The molecule has 0 spiro atoms. The molecule has 0 radical (unpaired) electrons. The number of rotatable bonds is 6. The Kier molecular flexibility index (Phi) is 5.98. The predicted octanol–water partition coefficient (Wildman–Crippen LogP) is 7.06. The Morgan fingerprint density at radius 1 is 0.974 bits per heavy atom. The van der Waals surface area contributed by atoms with E-state index in [0.29, 0.717) is 30.0 Å². The molecule has 2 aliphatic carbocycles. The predicted molar refractivity (Wildman–Crippen MR) is 143 cm³/mol. The van der Waals surface area contributed by atoms with E-state index in [-0.39, 0.29) is 6.10 Å². The number of aromatic nitrogens is 1. The quantitative estimate of drug-likeness (QED) is 0.289. The van der Waals surface area contributed by atoms with Gasteiger partial charge in [0.05, 0.1) is 5.41 Å². The van der Waals surface area contributed by atoms with Crippen LogP contribution in [0.15, 0.2) is 77.3 Å². The van der Waals surface area contributed by atoms with E-state index in [1.807, 2.05) is 66.7 Å². The van der Waals surface area contributed by atoms with E-state index in [9.17, 15) is 14.7 Å². The molecule has 0 saturated heterocycles. The van der Waals surface area contributed by atoms with Crippen molar-refractivity contribution in [2.45, 2.75) is 50.5 Å². The van der Waals surface area contributed by atoms with Crippen molar-refractivity contribution in [3.8, 4) is 22.5 Å². The molecule has 7 nitrogen and oxygen atoms in total. The van der Waals surface area contributed by atoms with Gasteiger partial charge in [0.1, 0.15) is 17.5 Å². The molecule has 1 heterocycles. The summed E-state index contributed by atoms with van der Waals surface area (Å²) in [5, 5.41) is 16.5. The lowest BCUT2D eigenvalue weighted by molar-refractivity contribution is -0.140. The monoisotopic (exact) mass is 508 g/mol. The molecular weight excluding hydrogens is 480 g/mol. The number of hydrogen-bond donors (Lipinski definition) is 2. The molecule has 4 aromatic rings. The normalized spacial score (nSPS) is 17.3. The van der Waals surface area contributed by atoms with Crippen molar-refractivity contribution in [3.05, 3.63) is 95.2 Å². The average molecular weight is 509 g/mol. The van der Waals surface area contributed by atoms with E-state index in [2.05, 4.69) is 16.5 Å². The minimum atomic E-state index is -0.756. The zero-order valence-electron chi connectivity index (χ0n) is 21.1. The molecule has 0 aliphatic heterocycles. The first-order valence-corrected chi connectivity index (χ1v) is 12.9. The summed E-state index contributed by atoms with van der Waals surface area (Å²) in [6.07, 6.45) is 3.32. The molecule has 1 atom stereocenters. The maximum absolute atomic E-state index is 12.9. The van der Waals surface area contributed by atoms with E-state index in [1.165, 1.54) is 5.56 Å². The van der Waals surface area contributed by atoms with Crippen molar-refractivity contribution >= 4 is 17.7 Å². The minimum absolute atomic E-state index is 0.278. The summed E-state index contributed by atoms with van der Waals surface area (Å²) >= 11 is 0. The molecule has 0 bridgehead atoms. The van der Waals surface area contributed by atoms with Crippen LogP contribution in [0.3, 0.4) is 0 Å². The summed E-state index contributed by atoms with van der Waals surface area (Å²) in [5.41, 5.74) is 6.22. The van der Waals surface area contributed by atoms with E-state index in [0.717, 1.165) is 47.1 Å². The van der Waals surface area contributed by atoms with Gasteiger partial charge in [-0.15, -0.1) is 0 Å². The number of nitrogens with one attached hydrogen (secondary N) is 1. The molecule has 6 rings (SSSR count). The number of anilines is 1. The number of aliphatic carboxylic acids is 1. The third-order valence-electron chi connectivity index (χ3n) is 7.73. The highest BCUT2D eigenvalue weighted by atomic mass is 16.6. The van der Waals surface area contributed by atoms with E-state index in [1.54, 1.807) is 6.92 Å². The number of amides is 1. The third kappa shape index (κ3) is 4.34. The molecule has 0 unspecified atom stereocenters. The van der Waals surface area contributed by atoms with E-state index < -0.39 is 17.5 Å². The van der Waals surface area contributed by atoms with Gasteiger partial charge >= 0.3 is 12.1 Å². The molecule has 3 aromatic carbocycles. The number of benzene rings is 3. The van der Waals surface area contributed by atoms with Gasteiger partial charge < -0.3 is 14.4 Å². The third-order valence-corrected chi connectivity index (χ3v) is 7.73. The smallest absolute Gasteiger partial charge is 0.412 e. The second-order valence-corrected chi connectivity index (χ2v) is 10.1. The maximum atomic E-state index is 12.9. The van der Waals surface area contributed by atoms with Crippen LogP contribution in [0.1, 0.15) is 54.2 Å². The van der Waals surface area contributed by atoms with Gasteiger partial charge in [-0.05, 0) is 66.8 Å². The first-order chi connectivity index (χ1) is 18.4. The molecule has 1 amide bonds. The fourth-order valence-corrected chi connectivity index (χ4v) is 5.35. The van der Waals surface area contributed by atoms with Crippen LogP contribution in [0, 0.1) is 6.92 Å². The highest BCUT2D eigenvalue weighted by Crippen LogP contribution is 2.48. The molecule has 2 aliphatic rings. The van der Waals surface area contributed by atoms with Crippen LogP contribution in [-0.4, -0.2) is 22.3 Å². The summed E-state index contributed by atoms with van der Waals surface area (Å²) in [5.74, 6) is -0.295.